The van der Waals surface area contributed by atoms with Crippen molar-refractivity contribution in [2.24, 2.45) is 0 Å². The van der Waals surface area contributed by atoms with E-state index in [0.29, 0.717) is 6.42 Å². The molecule has 0 aromatic heterocycles. The Morgan fingerprint density at radius 2 is 1.43 bits per heavy atom. The number of carboxylic acids is 1. The van der Waals surface area contributed by atoms with Crippen molar-refractivity contribution in [1.82, 2.24) is 4.90 Å². The Labute approximate surface area is 217 Å². The lowest BCUT2D eigenvalue weighted by Gasteiger charge is -2.38. The number of hydrogen-bond acceptors (Lipinski definition) is 3. The van der Waals surface area contributed by atoms with Crippen molar-refractivity contribution >= 4 is 11.9 Å². The molecule has 1 aliphatic heterocycles. The summed E-state index contributed by atoms with van der Waals surface area (Å²) in [6.45, 7) is 0.229. The van der Waals surface area contributed by atoms with Crippen LogP contribution in [0, 0.1) is 0 Å². The van der Waals surface area contributed by atoms with Gasteiger partial charge in [0.1, 0.15) is 11.8 Å². The topological polar surface area (TPSA) is 66.8 Å². The van der Waals surface area contributed by atoms with E-state index in [-0.39, 0.29) is 18.9 Å². The van der Waals surface area contributed by atoms with E-state index in [9.17, 15) is 14.7 Å². The van der Waals surface area contributed by atoms with Crippen LogP contribution in [0.5, 0.6) is 5.75 Å². The third-order valence-corrected chi connectivity index (χ3v) is 7.12. The molecule has 5 heteroatoms. The molecule has 1 N–H and O–H groups in total. The zero-order valence-corrected chi connectivity index (χ0v) is 20.7. The van der Waals surface area contributed by atoms with Crippen molar-refractivity contribution in [3.05, 3.63) is 137 Å². The number of rotatable bonds is 7. The van der Waals surface area contributed by atoms with Gasteiger partial charge in [0.2, 0.25) is 5.91 Å². The lowest BCUT2D eigenvalue weighted by atomic mass is 9.84. The van der Waals surface area contributed by atoms with E-state index in [4.69, 9.17) is 4.74 Å². The van der Waals surface area contributed by atoms with Gasteiger partial charge in [0.25, 0.3) is 0 Å². The number of amides is 1. The summed E-state index contributed by atoms with van der Waals surface area (Å²) in [4.78, 5) is 28.3. The number of carboxylic acid groups (broad SMARTS) is 1. The van der Waals surface area contributed by atoms with Crippen LogP contribution < -0.4 is 4.74 Å². The van der Waals surface area contributed by atoms with Gasteiger partial charge in [-0.3, -0.25) is 4.79 Å². The highest BCUT2D eigenvalue weighted by Crippen LogP contribution is 2.36. The van der Waals surface area contributed by atoms with E-state index in [1.165, 1.54) is 4.90 Å². The molecule has 1 heterocycles. The fraction of sp³-hybridized carbons (Fsp3) is 0.188. The van der Waals surface area contributed by atoms with Crippen molar-refractivity contribution in [3.8, 4) is 5.75 Å². The summed E-state index contributed by atoms with van der Waals surface area (Å²) in [7, 11) is 1.63. The average Bonchev–Trinajstić information content (AvgIpc) is 2.94. The first-order valence-corrected chi connectivity index (χ1v) is 12.4. The summed E-state index contributed by atoms with van der Waals surface area (Å²) in [6, 6.07) is 32.1. The minimum Gasteiger partial charge on any atom is -0.496 e. The van der Waals surface area contributed by atoms with E-state index in [1.807, 2.05) is 91.0 Å². The third kappa shape index (κ3) is 4.98. The molecule has 0 fully saturated rings. The van der Waals surface area contributed by atoms with Gasteiger partial charge in [-0.05, 0) is 33.9 Å². The van der Waals surface area contributed by atoms with Gasteiger partial charge < -0.3 is 14.7 Å². The van der Waals surface area contributed by atoms with Crippen LogP contribution in [0.4, 0.5) is 0 Å². The molecule has 4 aromatic rings. The fourth-order valence-corrected chi connectivity index (χ4v) is 5.29. The number of benzene rings is 4. The molecule has 1 atom stereocenters. The molecule has 0 bridgehead atoms. The highest BCUT2D eigenvalue weighted by Gasteiger charge is 2.39. The smallest absolute Gasteiger partial charge is 0.326 e. The first-order valence-electron chi connectivity index (χ1n) is 12.4. The van der Waals surface area contributed by atoms with Gasteiger partial charge in [-0.25, -0.2) is 4.79 Å². The molecule has 186 valence electrons. The number of aliphatic carboxylic acids is 1. The molecule has 5 rings (SSSR count). The second-order valence-electron chi connectivity index (χ2n) is 9.33. The Morgan fingerprint density at radius 1 is 0.865 bits per heavy atom. The van der Waals surface area contributed by atoms with Crippen LogP contribution >= 0.6 is 0 Å². The maximum Gasteiger partial charge on any atom is 0.326 e. The second-order valence-corrected chi connectivity index (χ2v) is 9.33. The number of carbonyl (C=O) groups is 2. The van der Waals surface area contributed by atoms with E-state index >= 15 is 0 Å². The number of hydrogen-bond donors (Lipinski definition) is 1. The van der Waals surface area contributed by atoms with E-state index in [2.05, 4.69) is 12.1 Å². The van der Waals surface area contributed by atoms with Crippen LogP contribution in [-0.2, 0) is 29.0 Å². The van der Waals surface area contributed by atoms with E-state index < -0.39 is 17.9 Å². The van der Waals surface area contributed by atoms with Crippen LogP contribution in [-0.4, -0.2) is 35.0 Å². The van der Waals surface area contributed by atoms with Crippen molar-refractivity contribution < 1.29 is 19.4 Å². The minimum absolute atomic E-state index is 0.212. The van der Waals surface area contributed by atoms with Gasteiger partial charge in [0, 0.05) is 24.9 Å². The van der Waals surface area contributed by atoms with Gasteiger partial charge in [0.15, 0.2) is 0 Å². The summed E-state index contributed by atoms with van der Waals surface area (Å²) >= 11 is 0. The fourth-order valence-electron chi connectivity index (χ4n) is 5.29. The molecule has 5 nitrogen and oxygen atoms in total. The lowest BCUT2D eigenvalue weighted by Crippen LogP contribution is -2.50. The molecule has 37 heavy (non-hydrogen) atoms. The Bertz CT molecular complexity index is 1350. The van der Waals surface area contributed by atoms with Crippen LogP contribution in [0.15, 0.2) is 103 Å². The van der Waals surface area contributed by atoms with Crippen LogP contribution in [0.2, 0.25) is 0 Å². The minimum atomic E-state index is -1.01. The SMILES string of the molecule is COc1ccc2c(c1Cc1ccccc1)CC(C(=O)O)N(C(=O)C(c1ccccc1)c1ccccc1)C2. The highest BCUT2D eigenvalue weighted by molar-refractivity contribution is 5.91. The molecule has 0 saturated carbocycles. The number of nitrogens with zero attached hydrogens (tertiary/aromatic N) is 1. The highest BCUT2D eigenvalue weighted by atomic mass is 16.5. The Balaban J connectivity index is 1.56. The molecule has 1 aliphatic rings. The Kier molecular flexibility index (Phi) is 7.04. The predicted molar refractivity (Wildman–Crippen MR) is 143 cm³/mol. The Hall–Kier alpha value is -4.38. The van der Waals surface area contributed by atoms with Gasteiger partial charge in [0.05, 0.1) is 13.0 Å². The molecule has 0 saturated heterocycles. The van der Waals surface area contributed by atoms with Crippen molar-refractivity contribution in [3.63, 3.8) is 0 Å². The molecule has 0 radical (unpaired) electrons. The molecule has 0 aliphatic carbocycles. The van der Waals surface area contributed by atoms with E-state index in [0.717, 1.165) is 39.1 Å². The molecular weight excluding hydrogens is 462 g/mol. The summed E-state index contributed by atoms with van der Waals surface area (Å²) < 4.78 is 5.68. The van der Waals surface area contributed by atoms with Gasteiger partial charge in [-0.1, -0.05) is 97.1 Å². The number of carbonyl (C=O) groups excluding carboxylic acids is 1. The molecule has 0 spiro atoms. The Morgan fingerprint density at radius 3 is 1.97 bits per heavy atom. The molecular formula is C32H29NO4. The van der Waals surface area contributed by atoms with Gasteiger partial charge in [-0.2, -0.15) is 0 Å². The predicted octanol–water partition coefficient (Wildman–Crippen LogP) is 5.46. The zero-order chi connectivity index (χ0) is 25.8. The molecule has 1 amide bonds. The van der Waals surface area contributed by atoms with Crippen LogP contribution in [0.1, 0.15) is 39.3 Å². The van der Waals surface area contributed by atoms with Crippen LogP contribution in [0.25, 0.3) is 0 Å². The largest absolute Gasteiger partial charge is 0.496 e. The van der Waals surface area contributed by atoms with Crippen LogP contribution in [0.3, 0.4) is 0 Å². The quantitative estimate of drug-likeness (QED) is 0.373. The van der Waals surface area contributed by atoms with E-state index in [1.54, 1.807) is 7.11 Å². The summed E-state index contributed by atoms with van der Waals surface area (Å²) in [6.07, 6.45) is 0.857. The molecule has 4 aromatic carbocycles. The summed E-state index contributed by atoms with van der Waals surface area (Å²) in [5.41, 5.74) is 5.69. The number of methoxy groups -OCH3 is 1. The first-order chi connectivity index (χ1) is 18.1. The maximum atomic E-state index is 14.2. The molecule has 1 unspecified atom stereocenters. The second kappa shape index (κ2) is 10.7. The number of ether oxygens (including phenoxy) is 1. The average molecular weight is 492 g/mol. The number of fused-ring (bicyclic) bond motifs is 1. The zero-order valence-electron chi connectivity index (χ0n) is 20.7. The monoisotopic (exact) mass is 491 g/mol. The third-order valence-electron chi connectivity index (χ3n) is 7.12. The standard InChI is InChI=1S/C32H29NO4/c1-37-29-18-17-25-21-33(28(32(35)36)20-26(25)27(29)19-22-11-5-2-6-12-22)31(34)30(23-13-7-3-8-14-23)24-15-9-4-10-16-24/h2-18,28,30H,19-21H2,1H3,(H,35,36). The van der Waals surface area contributed by atoms with Gasteiger partial charge in [-0.15, -0.1) is 0 Å². The van der Waals surface area contributed by atoms with Gasteiger partial charge >= 0.3 is 5.97 Å². The van der Waals surface area contributed by atoms with Crippen molar-refractivity contribution in [2.75, 3.05) is 7.11 Å². The first kappa shape index (κ1) is 24.3. The lowest BCUT2D eigenvalue weighted by molar-refractivity contribution is -0.151. The van der Waals surface area contributed by atoms with Crippen molar-refractivity contribution in [1.29, 1.82) is 0 Å². The summed E-state index contributed by atoms with van der Waals surface area (Å²) in [5, 5.41) is 10.3. The maximum absolute atomic E-state index is 14.2. The summed E-state index contributed by atoms with van der Waals surface area (Å²) in [5.74, 6) is -1.07. The van der Waals surface area contributed by atoms with Crippen molar-refractivity contribution in [2.45, 2.75) is 31.3 Å². The normalized spacial score (nSPS) is 14.8.